The van der Waals surface area contributed by atoms with Gasteiger partial charge in [0.15, 0.2) is 5.11 Å². The van der Waals surface area contributed by atoms with Crippen molar-refractivity contribution in [2.45, 2.75) is 6.42 Å². The summed E-state index contributed by atoms with van der Waals surface area (Å²) < 4.78 is 1.01. The van der Waals surface area contributed by atoms with Crippen molar-refractivity contribution in [1.29, 1.82) is 0 Å². The lowest BCUT2D eigenvalue weighted by Crippen LogP contribution is -2.56. The van der Waals surface area contributed by atoms with Crippen LogP contribution in [-0.4, -0.2) is 16.9 Å². The number of amides is 2. The number of carbonyl (C=O) groups excluding carboxylic acids is 2. The Bertz CT molecular complexity index is 1420. The summed E-state index contributed by atoms with van der Waals surface area (Å²) in [7, 11) is 0. The van der Waals surface area contributed by atoms with Crippen molar-refractivity contribution in [3.63, 3.8) is 0 Å². The summed E-state index contributed by atoms with van der Waals surface area (Å²) in [4.78, 5) is 30.4. The van der Waals surface area contributed by atoms with E-state index >= 15 is 0 Å². The molecule has 4 aromatic carbocycles. The van der Waals surface area contributed by atoms with Gasteiger partial charge in [0.25, 0.3) is 11.8 Å². The third kappa shape index (κ3) is 4.65. The van der Waals surface area contributed by atoms with Gasteiger partial charge < -0.3 is 0 Å². The maximum atomic E-state index is 13.8. The fourth-order valence-corrected chi connectivity index (χ4v) is 4.98. The van der Waals surface area contributed by atoms with Gasteiger partial charge in [0, 0.05) is 4.47 Å². The monoisotopic (exact) mass is 552 g/mol. The number of nitrogens with zero attached hydrogens (tertiary/aromatic N) is 2. The molecule has 1 aliphatic rings. The topological polar surface area (TPSA) is 40.6 Å². The van der Waals surface area contributed by atoms with E-state index in [1.54, 1.807) is 6.08 Å². The summed E-state index contributed by atoms with van der Waals surface area (Å²) >= 11 is 9.31. The summed E-state index contributed by atoms with van der Waals surface area (Å²) in [6.07, 6.45) is 2.33. The van der Waals surface area contributed by atoms with Crippen molar-refractivity contribution in [1.82, 2.24) is 0 Å². The Morgan fingerprint density at radius 2 is 1.11 bits per heavy atom. The van der Waals surface area contributed by atoms with Gasteiger partial charge in [0.2, 0.25) is 0 Å². The minimum atomic E-state index is -0.445. The normalized spacial score (nSPS) is 13.8. The van der Waals surface area contributed by atoms with Gasteiger partial charge >= 0.3 is 0 Å². The Morgan fingerprint density at radius 1 is 0.639 bits per heavy atom. The molecule has 4 nitrogen and oxygen atoms in total. The standard InChI is InChI=1S/C30H21BrN2O2S/c31-27-18-10-9-13-23(27)19-21-11-7-8-12-22(21)20-26-28(34)32(24-14-3-1-4-15-24)30(36)33(29(26)35)25-16-5-2-6-17-25/h1-18,20H,19H2. The molecule has 4 aromatic rings. The van der Waals surface area contributed by atoms with Crippen LogP contribution in [0.25, 0.3) is 6.08 Å². The van der Waals surface area contributed by atoms with E-state index in [0.29, 0.717) is 17.8 Å². The Kier molecular flexibility index (Phi) is 6.89. The highest BCUT2D eigenvalue weighted by Crippen LogP contribution is 2.30. The quantitative estimate of drug-likeness (QED) is 0.155. The van der Waals surface area contributed by atoms with E-state index in [4.69, 9.17) is 12.2 Å². The molecule has 0 aromatic heterocycles. The first-order chi connectivity index (χ1) is 17.5. The largest absolute Gasteiger partial charge is 0.270 e. The van der Waals surface area contributed by atoms with Crippen LogP contribution in [0.1, 0.15) is 16.7 Å². The Balaban J connectivity index is 1.62. The number of para-hydroxylation sites is 2. The van der Waals surface area contributed by atoms with Crippen LogP contribution in [0.3, 0.4) is 0 Å². The molecule has 0 N–H and O–H groups in total. The summed E-state index contributed by atoms with van der Waals surface area (Å²) in [6.45, 7) is 0. The fraction of sp³-hybridized carbons (Fsp3) is 0.0333. The highest BCUT2D eigenvalue weighted by Gasteiger charge is 2.41. The van der Waals surface area contributed by atoms with Gasteiger partial charge in [-0.3, -0.25) is 19.4 Å². The second kappa shape index (κ2) is 10.4. The summed E-state index contributed by atoms with van der Waals surface area (Å²) in [6, 6.07) is 34.1. The summed E-state index contributed by atoms with van der Waals surface area (Å²) in [5.41, 5.74) is 4.18. The molecule has 0 bridgehead atoms. The van der Waals surface area contributed by atoms with Crippen molar-refractivity contribution in [3.05, 3.63) is 136 Å². The maximum Gasteiger partial charge on any atom is 0.270 e. The highest BCUT2D eigenvalue weighted by molar-refractivity contribution is 9.10. The third-order valence-electron chi connectivity index (χ3n) is 5.97. The molecule has 0 aliphatic carbocycles. The van der Waals surface area contributed by atoms with Gasteiger partial charge in [-0.2, -0.15) is 0 Å². The number of hydrogen-bond acceptors (Lipinski definition) is 3. The molecule has 5 rings (SSSR count). The molecule has 0 atom stereocenters. The van der Waals surface area contributed by atoms with E-state index in [2.05, 4.69) is 22.0 Å². The first kappa shape index (κ1) is 23.9. The molecule has 36 heavy (non-hydrogen) atoms. The minimum absolute atomic E-state index is 0.0517. The van der Waals surface area contributed by atoms with Gasteiger partial charge in [-0.15, -0.1) is 0 Å². The zero-order valence-electron chi connectivity index (χ0n) is 19.2. The SMILES string of the molecule is O=C1C(=Cc2ccccc2Cc2ccccc2Br)C(=O)N(c2ccccc2)C(=S)N1c1ccccc1. The van der Waals surface area contributed by atoms with Crippen molar-refractivity contribution < 1.29 is 9.59 Å². The Morgan fingerprint density at radius 3 is 1.67 bits per heavy atom. The lowest BCUT2D eigenvalue weighted by atomic mass is 9.97. The molecule has 176 valence electrons. The molecule has 0 saturated carbocycles. The van der Waals surface area contributed by atoms with Crippen LogP contribution in [0, 0.1) is 0 Å². The lowest BCUT2D eigenvalue weighted by Gasteiger charge is -2.36. The summed E-state index contributed by atoms with van der Waals surface area (Å²) in [5, 5.41) is 0.126. The first-order valence-corrected chi connectivity index (χ1v) is 12.6. The van der Waals surface area contributed by atoms with Gasteiger partial charge in [-0.25, -0.2) is 0 Å². The zero-order valence-corrected chi connectivity index (χ0v) is 21.6. The molecular weight excluding hydrogens is 532 g/mol. The van der Waals surface area contributed by atoms with Gasteiger partial charge in [0.05, 0.1) is 11.4 Å². The number of rotatable bonds is 5. The van der Waals surface area contributed by atoms with Crippen molar-refractivity contribution >= 4 is 62.5 Å². The first-order valence-electron chi connectivity index (χ1n) is 11.4. The van der Waals surface area contributed by atoms with E-state index in [1.807, 2.05) is 103 Å². The lowest BCUT2D eigenvalue weighted by molar-refractivity contribution is -0.120. The van der Waals surface area contributed by atoms with Gasteiger partial charge in [0.1, 0.15) is 5.57 Å². The predicted octanol–water partition coefficient (Wildman–Crippen LogP) is 6.79. The fourth-order valence-electron chi connectivity index (χ4n) is 4.18. The molecule has 0 radical (unpaired) electrons. The van der Waals surface area contributed by atoms with Gasteiger partial charge in [-0.1, -0.05) is 94.8 Å². The van der Waals surface area contributed by atoms with Gasteiger partial charge in [-0.05, 0) is 71.7 Å². The van der Waals surface area contributed by atoms with E-state index in [9.17, 15) is 9.59 Å². The maximum absolute atomic E-state index is 13.8. The molecule has 1 heterocycles. The predicted molar refractivity (Wildman–Crippen MR) is 152 cm³/mol. The zero-order chi connectivity index (χ0) is 25.1. The number of anilines is 2. The van der Waals surface area contributed by atoms with Crippen LogP contribution in [-0.2, 0) is 16.0 Å². The number of hydrogen-bond donors (Lipinski definition) is 0. The Labute approximate surface area is 223 Å². The minimum Gasteiger partial charge on any atom is -0.268 e. The molecule has 0 unspecified atom stereocenters. The number of thiocarbonyl (C=S) groups is 1. The van der Waals surface area contributed by atoms with Crippen molar-refractivity contribution in [2.75, 3.05) is 9.80 Å². The number of halogens is 1. The molecule has 2 amide bonds. The van der Waals surface area contributed by atoms with E-state index < -0.39 is 11.8 Å². The smallest absolute Gasteiger partial charge is 0.268 e. The van der Waals surface area contributed by atoms with E-state index in [-0.39, 0.29) is 10.7 Å². The molecular formula is C30H21BrN2O2S. The van der Waals surface area contributed by atoms with E-state index in [0.717, 1.165) is 21.2 Å². The molecule has 1 saturated heterocycles. The Hall–Kier alpha value is -3.87. The second-order valence-electron chi connectivity index (χ2n) is 8.26. The highest BCUT2D eigenvalue weighted by atomic mass is 79.9. The number of benzene rings is 4. The average Bonchev–Trinajstić information content (AvgIpc) is 2.90. The molecule has 1 fully saturated rings. The molecule has 0 spiro atoms. The van der Waals surface area contributed by atoms with Crippen LogP contribution in [0.4, 0.5) is 11.4 Å². The van der Waals surface area contributed by atoms with Crippen LogP contribution >= 0.6 is 28.1 Å². The van der Waals surface area contributed by atoms with E-state index in [1.165, 1.54) is 9.80 Å². The summed E-state index contributed by atoms with van der Waals surface area (Å²) in [5.74, 6) is -0.891. The third-order valence-corrected chi connectivity index (χ3v) is 7.11. The van der Waals surface area contributed by atoms with Crippen LogP contribution in [0.2, 0.25) is 0 Å². The average molecular weight is 553 g/mol. The number of carbonyl (C=O) groups is 2. The van der Waals surface area contributed by atoms with Crippen molar-refractivity contribution in [3.8, 4) is 0 Å². The molecule has 6 heteroatoms. The van der Waals surface area contributed by atoms with Crippen molar-refractivity contribution in [2.24, 2.45) is 0 Å². The van der Waals surface area contributed by atoms with Crippen LogP contribution in [0.15, 0.2) is 119 Å². The van der Waals surface area contributed by atoms with Crippen LogP contribution < -0.4 is 9.80 Å². The van der Waals surface area contributed by atoms with Crippen LogP contribution in [0.5, 0.6) is 0 Å². The molecule has 1 aliphatic heterocycles. The second-order valence-corrected chi connectivity index (χ2v) is 9.48.